The minimum atomic E-state index is -0.428. The van der Waals surface area contributed by atoms with Crippen molar-refractivity contribution < 1.29 is 9.59 Å². The monoisotopic (exact) mass is 479 g/mol. The maximum atomic E-state index is 13.4. The Balaban J connectivity index is 1.80. The fraction of sp³-hybridized carbons (Fsp3) is 0.320. The molecular weight excluding hydrogens is 454 g/mol. The summed E-state index contributed by atoms with van der Waals surface area (Å²) in [5.74, 6) is -0.104. The largest absolute Gasteiger partial charge is 0.362 e. The number of nitrogens with one attached hydrogen (secondary N) is 2. The van der Waals surface area contributed by atoms with Crippen LogP contribution in [-0.4, -0.2) is 16.7 Å². The molecule has 6 heteroatoms. The number of carbonyl (C=O) groups is 2. The number of amides is 1. The summed E-state index contributed by atoms with van der Waals surface area (Å²) in [6.07, 6.45) is 2.95. The van der Waals surface area contributed by atoms with Gasteiger partial charge in [0.15, 0.2) is 5.78 Å². The minimum Gasteiger partial charge on any atom is -0.362 e. The van der Waals surface area contributed by atoms with Crippen molar-refractivity contribution in [1.82, 2.24) is 10.3 Å². The zero-order valence-corrected chi connectivity index (χ0v) is 19.8. The minimum absolute atomic E-state index is 0.0926. The maximum absolute atomic E-state index is 13.4. The number of carbonyl (C=O) groups excluding carboxylic acids is 2. The third-order valence-corrected chi connectivity index (χ3v) is 6.31. The van der Waals surface area contributed by atoms with Crippen molar-refractivity contribution in [2.24, 2.45) is 5.41 Å². The lowest BCUT2D eigenvalue weighted by Crippen LogP contribution is -2.39. The normalized spacial score (nSPS) is 20.3. The van der Waals surface area contributed by atoms with Crippen molar-refractivity contribution in [2.45, 2.75) is 46.5 Å². The molecule has 2 N–H and O–H groups in total. The Kier molecular flexibility index (Phi) is 5.60. The van der Waals surface area contributed by atoms with Crippen molar-refractivity contribution in [3.8, 4) is 0 Å². The van der Waals surface area contributed by atoms with Gasteiger partial charge in [-0.15, -0.1) is 0 Å². The predicted octanol–water partition coefficient (Wildman–Crippen LogP) is 5.40. The highest BCUT2D eigenvalue weighted by molar-refractivity contribution is 9.10. The van der Waals surface area contributed by atoms with Crippen LogP contribution >= 0.6 is 15.9 Å². The molecule has 0 saturated heterocycles. The van der Waals surface area contributed by atoms with E-state index in [9.17, 15) is 9.59 Å². The number of halogens is 1. The Labute approximate surface area is 191 Å². The number of Topliss-reactive ketones (excluding diaryl/α,β-unsaturated/α-hetero) is 1. The first kappa shape index (κ1) is 21.5. The average molecular weight is 480 g/mol. The number of benzene rings is 1. The molecule has 4 rings (SSSR count). The van der Waals surface area contributed by atoms with E-state index in [1.807, 2.05) is 44.2 Å². The standard InChI is InChI=1S/C25H26BrN3O2/c1-14-8-9-20(27-13-14)29-24(31)21-15(2)28-18-11-25(3,4)12-19(30)23(18)22(21)16-6-5-7-17(26)10-16/h5-10,13,22,28H,11-12H2,1-4H3,(H,27,29,31)/t22-/m1/s1. The smallest absolute Gasteiger partial charge is 0.255 e. The fourth-order valence-corrected chi connectivity index (χ4v) is 4.90. The molecule has 1 aliphatic heterocycles. The molecule has 0 bridgehead atoms. The van der Waals surface area contributed by atoms with Gasteiger partial charge in [-0.05, 0) is 55.0 Å². The molecule has 0 spiro atoms. The number of nitrogens with zero attached hydrogens (tertiary/aromatic N) is 1. The number of hydrogen-bond donors (Lipinski definition) is 2. The molecule has 0 radical (unpaired) electrons. The number of aryl methyl sites for hydroxylation is 1. The first-order valence-electron chi connectivity index (χ1n) is 10.4. The van der Waals surface area contributed by atoms with Crippen LogP contribution in [0.1, 0.15) is 50.7 Å². The second-order valence-corrected chi connectivity index (χ2v) is 10.1. The van der Waals surface area contributed by atoms with Crippen molar-refractivity contribution >= 4 is 33.4 Å². The van der Waals surface area contributed by atoms with Gasteiger partial charge in [-0.25, -0.2) is 4.98 Å². The van der Waals surface area contributed by atoms with Crippen molar-refractivity contribution in [3.63, 3.8) is 0 Å². The fourth-order valence-electron chi connectivity index (χ4n) is 4.48. The SMILES string of the molecule is CC1=C(C(=O)Nc2ccc(C)cn2)[C@@H](c2cccc(Br)c2)C2=C(CC(C)(C)CC2=O)N1. The van der Waals surface area contributed by atoms with E-state index in [1.54, 1.807) is 12.3 Å². The first-order valence-corrected chi connectivity index (χ1v) is 11.2. The lowest BCUT2D eigenvalue weighted by Gasteiger charge is -2.39. The number of rotatable bonds is 3. The van der Waals surface area contributed by atoms with Crippen LogP contribution < -0.4 is 10.6 Å². The van der Waals surface area contributed by atoms with Gasteiger partial charge in [0.25, 0.3) is 5.91 Å². The van der Waals surface area contributed by atoms with Crippen LogP contribution in [0, 0.1) is 12.3 Å². The van der Waals surface area contributed by atoms with Gasteiger partial charge in [-0.3, -0.25) is 9.59 Å². The van der Waals surface area contributed by atoms with E-state index < -0.39 is 5.92 Å². The van der Waals surface area contributed by atoms with Gasteiger partial charge >= 0.3 is 0 Å². The quantitative estimate of drug-likeness (QED) is 0.618. The molecule has 5 nitrogen and oxygen atoms in total. The molecule has 31 heavy (non-hydrogen) atoms. The van der Waals surface area contributed by atoms with Gasteiger partial charge < -0.3 is 10.6 Å². The van der Waals surface area contributed by atoms with Crippen molar-refractivity contribution in [3.05, 3.63) is 80.7 Å². The Morgan fingerprint density at radius 3 is 2.65 bits per heavy atom. The molecule has 2 heterocycles. The predicted molar refractivity (Wildman–Crippen MR) is 125 cm³/mol. The van der Waals surface area contributed by atoms with Gasteiger partial charge in [-0.2, -0.15) is 0 Å². The molecule has 2 aliphatic rings. The van der Waals surface area contributed by atoms with Crippen LogP contribution in [0.2, 0.25) is 0 Å². The van der Waals surface area contributed by atoms with E-state index >= 15 is 0 Å². The van der Waals surface area contributed by atoms with Gasteiger partial charge in [-0.1, -0.05) is 48.0 Å². The zero-order chi connectivity index (χ0) is 22.3. The van der Waals surface area contributed by atoms with Crippen LogP contribution in [0.3, 0.4) is 0 Å². The van der Waals surface area contributed by atoms with E-state index in [-0.39, 0.29) is 17.1 Å². The summed E-state index contributed by atoms with van der Waals surface area (Å²) in [4.78, 5) is 31.1. The maximum Gasteiger partial charge on any atom is 0.255 e. The molecule has 2 aromatic rings. The number of allylic oxidation sites excluding steroid dienone is 3. The number of ketones is 1. The van der Waals surface area contributed by atoms with E-state index in [1.165, 1.54) is 0 Å². The van der Waals surface area contributed by atoms with E-state index in [2.05, 4.69) is 45.4 Å². The third-order valence-electron chi connectivity index (χ3n) is 5.82. The second-order valence-electron chi connectivity index (χ2n) is 9.16. The number of aromatic nitrogens is 1. The lowest BCUT2D eigenvalue weighted by molar-refractivity contribution is -0.118. The molecule has 1 aliphatic carbocycles. The Hall–Kier alpha value is -2.73. The Bertz CT molecular complexity index is 1130. The van der Waals surface area contributed by atoms with Crippen LogP contribution in [-0.2, 0) is 9.59 Å². The molecule has 1 atom stereocenters. The summed E-state index contributed by atoms with van der Waals surface area (Å²) in [6.45, 7) is 8.06. The summed E-state index contributed by atoms with van der Waals surface area (Å²) in [6, 6.07) is 11.5. The molecule has 0 saturated carbocycles. The summed E-state index contributed by atoms with van der Waals surface area (Å²) in [5.41, 5.74) is 4.75. The molecule has 1 amide bonds. The summed E-state index contributed by atoms with van der Waals surface area (Å²) >= 11 is 3.54. The van der Waals surface area contributed by atoms with Gasteiger partial charge in [0.05, 0.1) is 0 Å². The highest BCUT2D eigenvalue weighted by atomic mass is 79.9. The highest BCUT2D eigenvalue weighted by Crippen LogP contribution is 2.47. The molecule has 1 aromatic heterocycles. The first-order chi connectivity index (χ1) is 14.6. The molecule has 0 unspecified atom stereocenters. The van der Waals surface area contributed by atoms with Crippen LogP contribution in [0.15, 0.2) is 69.6 Å². The molecule has 0 fully saturated rings. The zero-order valence-electron chi connectivity index (χ0n) is 18.2. The van der Waals surface area contributed by atoms with Crippen LogP contribution in [0.25, 0.3) is 0 Å². The van der Waals surface area contributed by atoms with E-state index in [4.69, 9.17) is 0 Å². The highest BCUT2D eigenvalue weighted by Gasteiger charge is 2.42. The summed E-state index contributed by atoms with van der Waals surface area (Å²) in [5, 5.41) is 6.31. The Morgan fingerprint density at radius 1 is 1.19 bits per heavy atom. The van der Waals surface area contributed by atoms with Crippen molar-refractivity contribution in [1.29, 1.82) is 0 Å². The van der Waals surface area contributed by atoms with Crippen LogP contribution in [0.5, 0.6) is 0 Å². The van der Waals surface area contributed by atoms with Gasteiger partial charge in [0.2, 0.25) is 0 Å². The third kappa shape index (κ3) is 4.35. The van der Waals surface area contributed by atoms with Gasteiger partial charge in [0.1, 0.15) is 5.82 Å². The van der Waals surface area contributed by atoms with Crippen LogP contribution in [0.4, 0.5) is 5.82 Å². The lowest BCUT2D eigenvalue weighted by atomic mass is 9.68. The number of dihydropyridines is 1. The van der Waals surface area contributed by atoms with E-state index in [0.29, 0.717) is 23.4 Å². The number of pyridine rings is 1. The number of hydrogen-bond acceptors (Lipinski definition) is 4. The summed E-state index contributed by atoms with van der Waals surface area (Å²) in [7, 11) is 0. The van der Waals surface area contributed by atoms with Gasteiger partial charge in [0, 0.05) is 45.5 Å². The Morgan fingerprint density at radius 2 is 1.97 bits per heavy atom. The van der Waals surface area contributed by atoms with E-state index in [0.717, 1.165) is 33.4 Å². The number of anilines is 1. The van der Waals surface area contributed by atoms with Crippen molar-refractivity contribution in [2.75, 3.05) is 5.32 Å². The topological polar surface area (TPSA) is 71.1 Å². The second kappa shape index (κ2) is 8.08. The molecule has 160 valence electrons. The summed E-state index contributed by atoms with van der Waals surface area (Å²) < 4.78 is 0.909. The molecule has 1 aromatic carbocycles. The average Bonchev–Trinajstić information content (AvgIpc) is 2.67. The molecular formula is C25H26BrN3O2.